The predicted molar refractivity (Wildman–Crippen MR) is 111 cm³/mol. The maximum atomic E-state index is 13.1. The van der Waals surface area contributed by atoms with E-state index in [4.69, 9.17) is 16.3 Å². The van der Waals surface area contributed by atoms with E-state index in [1.54, 1.807) is 13.2 Å². The Bertz CT molecular complexity index is 965. The molecule has 1 aliphatic rings. The van der Waals surface area contributed by atoms with Gasteiger partial charge in [0.15, 0.2) is 0 Å². The maximum Gasteiger partial charge on any atom is 0.224 e. The Kier molecular flexibility index (Phi) is 6.87. The van der Waals surface area contributed by atoms with Gasteiger partial charge in [-0.3, -0.25) is 9.48 Å². The molecule has 7 heteroatoms. The number of carbonyl (C=O) groups is 1. The van der Waals surface area contributed by atoms with Crippen molar-refractivity contribution in [2.45, 2.75) is 45.9 Å². The zero-order valence-electron chi connectivity index (χ0n) is 16.8. The summed E-state index contributed by atoms with van der Waals surface area (Å²) in [5.74, 6) is -0.528. The monoisotopic (exact) mass is 417 g/mol. The number of carbonyl (C=O) groups excluding carboxylic acids is 1. The van der Waals surface area contributed by atoms with Crippen LogP contribution in [0.1, 0.15) is 28.9 Å². The van der Waals surface area contributed by atoms with E-state index in [0.29, 0.717) is 17.1 Å². The van der Waals surface area contributed by atoms with Gasteiger partial charge in [-0.25, -0.2) is 4.39 Å². The highest BCUT2D eigenvalue weighted by atomic mass is 35.5. The van der Waals surface area contributed by atoms with Gasteiger partial charge in [0.05, 0.1) is 24.8 Å². The summed E-state index contributed by atoms with van der Waals surface area (Å²) in [4.78, 5) is 12.4. The SMILES string of the molecule is COC1C=CC(Cn2nc(C)c(CC(=O)NCc3ccc(F)cc3Cl)c2C)=CC1. The van der Waals surface area contributed by atoms with Crippen LogP contribution in [-0.2, 0) is 29.0 Å². The van der Waals surface area contributed by atoms with E-state index in [2.05, 4.69) is 28.6 Å². The van der Waals surface area contributed by atoms with Crippen molar-refractivity contribution in [3.63, 3.8) is 0 Å². The summed E-state index contributed by atoms with van der Waals surface area (Å²) in [7, 11) is 1.70. The number of methoxy groups -OCH3 is 1. The summed E-state index contributed by atoms with van der Waals surface area (Å²) < 4.78 is 20.4. The van der Waals surface area contributed by atoms with Gasteiger partial charge < -0.3 is 10.1 Å². The molecule has 0 radical (unpaired) electrons. The number of hydrogen-bond donors (Lipinski definition) is 1. The number of hydrogen-bond acceptors (Lipinski definition) is 3. The van der Waals surface area contributed by atoms with E-state index in [-0.39, 0.29) is 25.0 Å². The Labute approximate surface area is 175 Å². The molecule has 154 valence electrons. The molecular weight excluding hydrogens is 393 g/mol. The molecule has 1 aromatic heterocycles. The van der Waals surface area contributed by atoms with Gasteiger partial charge in [0.1, 0.15) is 5.82 Å². The molecule has 1 unspecified atom stereocenters. The largest absolute Gasteiger partial charge is 0.377 e. The van der Waals surface area contributed by atoms with Gasteiger partial charge in [-0.05, 0) is 43.5 Å². The standard InChI is InChI=1S/C22H25ClFN3O2/c1-14-20(11-22(28)25-12-17-6-7-18(24)10-21(17)23)15(2)27(26-14)13-16-4-8-19(29-3)9-5-16/h4-8,10,19H,9,11-13H2,1-3H3,(H,25,28). The third-order valence-corrected chi connectivity index (χ3v) is 5.48. The number of amides is 1. The van der Waals surface area contributed by atoms with Gasteiger partial charge >= 0.3 is 0 Å². The lowest BCUT2D eigenvalue weighted by molar-refractivity contribution is -0.120. The van der Waals surface area contributed by atoms with Crippen molar-refractivity contribution in [3.05, 3.63) is 75.4 Å². The van der Waals surface area contributed by atoms with Crippen molar-refractivity contribution in [2.24, 2.45) is 0 Å². The third-order valence-electron chi connectivity index (χ3n) is 5.13. The van der Waals surface area contributed by atoms with E-state index in [0.717, 1.165) is 23.4 Å². The molecule has 0 saturated heterocycles. The average molecular weight is 418 g/mol. The second-order valence-electron chi connectivity index (χ2n) is 7.14. The minimum atomic E-state index is -0.399. The first kappa shape index (κ1) is 21.3. The lowest BCUT2D eigenvalue weighted by atomic mass is 10.0. The first-order valence-corrected chi connectivity index (χ1v) is 9.88. The Morgan fingerprint density at radius 2 is 2.21 bits per heavy atom. The molecule has 1 N–H and O–H groups in total. The van der Waals surface area contributed by atoms with Crippen LogP contribution in [0.5, 0.6) is 0 Å². The van der Waals surface area contributed by atoms with Crippen molar-refractivity contribution in [3.8, 4) is 0 Å². The second kappa shape index (κ2) is 9.37. The molecule has 0 fully saturated rings. The highest BCUT2D eigenvalue weighted by Crippen LogP contribution is 2.20. The van der Waals surface area contributed by atoms with E-state index < -0.39 is 5.82 Å². The third kappa shape index (κ3) is 5.34. The van der Waals surface area contributed by atoms with Crippen molar-refractivity contribution in [2.75, 3.05) is 7.11 Å². The Balaban J connectivity index is 1.62. The number of halogens is 2. The van der Waals surface area contributed by atoms with Gasteiger partial charge in [-0.1, -0.05) is 35.9 Å². The van der Waals surface area contributed by atoms with Crippen LogP contribution in [0.3, 0.4) is 0 Å². The van der Waals surface area contributed by atoms with Crippen LogP contribution in [0.25, 0.3) is 0 Å². The highest BCUT2D eigenvalue weighted by Gasteiger charge is 2.16. The molecule has 3 rings (SSSR count). The molecule has 1 aromatic carbocycles. The van der Waals surface area contributed by atoms with Gasteiger partial charge in [0.2, 0.25) is 5.91 Å². The zero-order chi connectivity index (χ0) is 21.0. The summed E-state index contributed by atoms with van der Waals surface area (Å²) >= 11 is 6.01. The van der Waals surface area contributed by atoms with Crippen molar-refractivity contribution < 1.29 is 13.9 Å². The molecule has 1 aliphatic carbocycles. The van der Waals surface area contributed by atoms with Gasteiger partial charge in [-0.2, -0.15) is 5.10 Å². The van der Waals surface area contributed by atoms with Gasteiger partial charge in [0, 0.05) is 29.9 Å². The van der Waals surface area contributed by atoms with Crippen LogP contribution in [0.15, 0.2) is 42.0 Å². The molecular formula is C22H25ClFN3O2. The fraction of sp³-hybridized carbons (Fsp3) is 0.364. The van der Waals surface area contributed by atoms with Crippen LogP contribution >= 0.6 is 11.6 Å². The first-order chi connectivity index (χ1) is 13.9. The number of aryl methyl sites for hydroxylation is 1. The fourth-order valence-electron chi connectivity index (χ4n) is 3.34. The summed E-state index contributed by atoms with van der Waals surface area (Å²) in [5, 5.41) is 7.75. The minimum absolute atomic E-state index is 0.129. The minimum Gasteiger partial charge on any atom is -0.377 e. The summed E-state index contributed by atoms with van der Waals surface area (Å²) in [6, 6.07) is 4.14. The molecule has 0 aliphatic heterocycles. The molecule has 5 nitrogen and oxygen atoms in total. The number of allylic oxidation sites excluding steroid dienone is 2. The topological polar surface area (TPSA) is 56.2 Å². The number of benzene rings is 1. The molecule has 0 spiro atoms. The Morgan fingerprint density at radius 3 is 2.86 bits per heavy atom. The van der Waals surface area contributed by atoms with Crippen LogP contribution < -0.4 is 5.32 Å². The average Bonchev–Trinajstić information content (AvgIpc) is 2.95. The zero-order valence-corrected chi connectivity index (χ0v) is 17.6. The van der Waals surface area contributed by atoms with E-state index >= 15 is 0 Å². The number of ether oxygens (including phenoxy) is 1. The number of aromatic nitrogens is 2. The molecule has 2 aromatic rings. The quantitative estimate of drug-likeness (QED) is 0.739. The Morgan fingerprint density at radius 1 is 1.41 bits per heavy atom. The van der Waals surface area contributed by atoms with Crippen molar-refractivity contribution >= 4 is 17.5 Å². The van der Waals surface area contributed by atoms with E-state index in [1.807, 2.05) is 18.5 Å². The van der Waals surface area contributed by atoms with Gasteiger partial charge in [0.25, 0.3) is 0 Å². The van der Waals surface area contributed by atoms with E-state index in [1.165, 1.54) is 17.7 Å². The van der Waals surface area contributed by atoms with Crippen molar-refractivity contribution in [1.82, 2.24) is 15.1 Å². The molecule has 1 amide bonds. The van der Waals surface area contributed by atoms with Crippen LogP contribution in [-0.4, -0.2) is 28.9 Å². The molecule has 1 atom stereocenters. The lowest BCUT2D eigenvalue weighted by Crippen LogP contribution is -2.25. The molecule has 0 saturated carbocycles. The molecule has 0 bridgehead atoms. The fourth-order valence-corrected chi connectivity index (χ4v) is 3.57. The smallest absolute Gasteiger partial charge is 0.224 e. The number of nitrogens with zero attached hydrogens (tertiary/aromatic N) is 2. The van der Waals surface area contributed by atoms with E-state index in [9.17, 15) is 9.18 Å². The van der Waals surface area contributed by atoms with Crippen molar-refractivity contribution in [1.29, 1.82) is 0 Å². The first-order valence-electron chi connectivity index (χ1n) is 9.51. The summed E-state index contributed by atoms with van der Waals surface area (Å²) in [6.45, 7) is 4.80. The van der Waals surface area contributed by atoms with Crippen LogP contribution in [0.2, 0.25) is 5.02 Å². The number of rotatable bonds is 7. The normalized spacial score (nSPS) is 16.0. The lowest BCUT2D eigenvalue weighted by Gasteiger charge is -2.15. The predicted octanol–water partition coefficient (Wildman–Crippen LogP) is 4.05. The van der Waals surface area contributed by atoms with Crippen LogP contribution in [0.4, 0.5) is 4.39 Å². The van der Waals surface area contributed by atoms with Crippen LogP contribution in [0, 0.1) is 19.7 Å². The molecule has 1 heterocycles. The Hall–Kier alpha value is -2.44. The number of nitrogens with one attached hydrogen (secondary N) is 1. The second-order valence-corrected chi connectivity index (χ2v) is 7.55. The van der Waals surface area contributed by atoms with Gasteiger partial charge in [-0.15, -0.1) is 0 Å². The highest BCUT2D eigenvalue weighted by molar-refractivity contribution is 6.31. The maximum absolute atomic E-state index is 13.1. The molecule has 29 heavy (non-hydrogen) atoms. The summed E-state index contributed by atoms with van der Waals surface area (Å²) in [6.07, 6.45) is 7.49. The summed E-state index contributed by atoms with van der Waals surface area (Å²) in [5.41, 5.74) is 4.58.